The average molecular weight is 210 g/mol. The molecule has 2 aliphatic rings. The second-order valence-electron chi connectivity index (χ2n) is 5.12. The SMILES string of the molecule is C1=CC2(c3nc4ccccc4[nH]3)CCC1C2. The summed E-state index contributed by atoms with van der Waals surface area (Å²) >= 11 is 0. The van der Waals surface area contributed by atoms with Gasteiger partial charge in [-0.3, -0.25) is 0 Å². The third-order valence-corrected chi connectivity index (χ3v) is 4.14. The van der Waals surface area contributed by atoms with E-state index in [1.165, 1.54) is 25.1 Å². The fourth-order valence-electron chi connectivity index (χ4n) is 3.23. The minimum absolute atomic E-state index is 0.226. The van der Waals surface area contributed by atoms with Crippen LogP contribution in [0.3, 0.4) is 0 Å². The Morgan fingerprint density at radius 3 is 2.94 bits per heavy atom. The zero-order chi connectivity index (χ0) is 10.6. The second kappa shape index (κ2) is 2.76. The highest BCUT2D eigenvalue weighted by molar-refractivity contribution is 5.75. The number of allylic oxidation sites excluding steroid dienone is 2. The Hall–Kier alpha value is -1.57. The van der Waals surface area contributed by atoms with Crippen molar-refractivity contribution in [3.8, 4) is 0 Å². The smallest absolute Gasteiger partial charge is 0.117 e. The largest absolute Gasteiger partial charge is 0.341 e. The predicted molar refractivity (Wildman–Crippen MR) is 64.3 cm³/mol. The lowest BCUT2D eigenvalue weighted by atomic mass is 9.87. The Morgan fingerprint density at radius 1 is 1.31 bits per heavy atom. The first-order valence-corrected chi connectivity index (χ1v) is 6.00. The lowest BCUT2D eigenvalue weighted by molar-refractivity contribution is 0.535. The molecule has 1 saturated carbocycles. The summed E-state index contributed by atoms with van der Waals surface area (Å²) in [6.07, 6.45) is 8.59. The molecule has 4 rings (SSSR count). The molecular weight excluding hydrogens is 196 g/mol. The van der Waals surface area contributed by atoms with E-state index in [1.54, 1.807) is 0 Å². The van der Waals surface area contributed by atoms with Crippen molar-refractivity contribution in [1.82, 2.24) is 9.97 Å². The summed E-state index contributed by atoms with van der Waals surface area (Å²) in [6, 6.07) is 8.29. The average Bonchev–Trinajstić information content (AvgIpc) is 3.03. The van der Waals surface area contributed by atoms with Gasteiger partial charge in [-0.15, -0.1) is 0 Å². The topological polar surface area (TPSA) is 28.7 Å². The molecule has 2 atom stereocenters. The van der Waals surface area contributed by atoms with Gasteiger partial charge in [0.2, 0.25) is 0 Å². The van der Waals surface area contributed by atoms with E-state index < -0.39 is 0 Å². The van der Waals surface area contributed by atoms with Crippen LogP contribution in [0.4, 0.5) is 0 Å². The molecule has 2 bridgehead atoms. The van der Waals surface area contributed by atoms with Gasteiger partial charge in [-0.1, -0.05) is 24.3 Å². The molecule has 0 spiro atoms. The van der Waals surface area contributed by atoms with Crippen molar-refractivity contribution in [3.63, 3.8) is 0 Å². The molecule has 2 unspecified atom stereocenters. The molecule has 80 valence electrons. The van der Waals surface area contributed by atoms with Crippen LogP contribution >= 0.6 is 0 Å². The van der Waals surface area contributed by atoms with Crippen LogP contribution in [0, 0.1) is 5.92 Å². The molecule has 1 fully saturated rings. The highest BCUT2D eigenvalue weighted by atomic mass is 14.9. The number of H-pyrrole nitrogens is 1. The normalized spacial score (nSPS) is 31.6. The molecule has 16 heavy (non-hydrogen) atoms. The Labute approximate surface area is 94.4 Å². The maximum absolute atomic E-state index is 4.76. The molecule has 0 aliphatic heterocycles. The Bertz CT molecular complexity index is 548. The summed E-state index contributed by atoms with van der Waals surface area (Å²) in [5, 5.41) is 0. The monoisotopic (exact) mass is 210 g/mol. The zero-order valence-corrected chi connectivity index (χ0v) is 9.11. The van der Waals surface area contributed by atoms with Crippen molar-refractivity contribution in [2.45, 2.75) is 24.7 Å². The number of hydrogen-bond acceptors (Lipinski definition) is 1. The molecule has 2 aliphatic carbocycles. The number of nitrogens with one attached hydrogen (secondary N) is 1. The van der Waals surface area contributed by atoms with Crippen LogP contribution in [-0.2, 0) is 5.41 Å². The lowest BCUT2D eigenvalue weighted by Gasteiger charge is -2.20. The van der Waals surface area contributed by atoms with Gasteiger partial charge in [0, 0.05) is 5.41 Å². The Balaban J connectivity index is 1.91. The third kappa shape index (κ3) is 0.993. The molecule has 0 amide bonds. The molecule has 2 nitrogen and oxygen atoms in total. The zero-order valence-electron chi connectivity index (χ0n) is 9.11. The first-order valence-electron chi connectivity index (χ1n) is 6.00. The maximum atomic E-state index is 4.76. The molecule has 1 aromatic heterocycles. The molecule has 1 aromatic carbocycles. The minimum Gasteiger partial charge on any atom is -0.341 e. The first kappa shape index (κ1) is 8.57. The number of para-hydroxylation sites is 2. The summed E-state index contributed by atoms with van der Waals surface area (Å²) in [5.41, 5.74) is 2.48. The van der Waals surface area contributed by atoms with E-state index in [4.69, 9.17) is 4.98 Å². The van der Waals surface area contributed by atoms with Crippen LogP contribution in [0.25, 0.3) is 11.0 Å². The van der Waals surface area contributed by atoms with Gasteiger partial charge in [-0.05, 0) is 37.3 Å². The molecule has 1 N–H and O–H groups in total. The first-order chi connectivity index (χ1) is 7.86. The van der Waals surface area contributed by atoms with Crippen LogP contribution in [0.1, 0.15) is 25.1 Å². The van der Waals surface area contributed by atoms with Crippen LogP contribution in [0.5, 0.6) is 0 Å². The molecule has 0 saturated heterocycles. The van der Waals surface area contributed by atoms with Gasteiger partial charge in [0.1, 0.15) is 5.82 Å². The summed E-state index contributed by atoms with van der Waals surface area (Å²) in [4.78, 5) is 8.25. The summed E-state index contributed by atoms with van der Waals surface area (Å²) in [6.45, 7) is 0. The predicted octanol–water partition coefficient (Wildman–Crippen LogP) is 3.17. The minimum atomic E-state index is 0.226. The van der Waals surface area contributed by atoms with E-state index in [0.29, 0.717) is 0 Å². The van der Waals surface area contributed by atoms with Gasteiger partial charge in [0.15, 0.2) is 0 Å². The second-order valence-corrected chi connectivity index (χ2v) is 5.12. The number of hydrogen-bond donors (Lipinski definition) is 1. The number of rotatable bonds is 1. The van der Waals surface area contributed by atoms with Crippen molar-refractivity contribution in [3.05, 3.63) is 42.2 Å². The van der Waals surface area contributed by atoms with Crippen molar-refractivity contribution in [2.75, 3.05) is 0 Å². The molecule has 0 radical (unpaired) electrons. The van der Waals surface area contributed by atoms with Crippen LogP contribution in [-0.4, -0.2) is 9.97 Å². The van der Waals surface area contributed by atoms with Gasteiger partial charge in [-0.2, -0.15) is 0 Å². The quantitative estimate of drug-likeness (QED) is 0.719. The van der Waals surface area contributed by atoms with Crippen LogP contribution < -0.4 is 0 Å². The van der Waals surface area contributed by atoms with E-state index in [-0.39, 0.29) is 5.41 Å². The molecule has 2 aromatic rings. The van der Waals surface area contributed by atoms with Gasteiger partial charge in [0.25, 0.3) is 0 Å². The van der Waals surface area contributed by atoms with Gasteiger partial charge in [-0.25, -0.2) is 4.98 Å². The molecular formula is C14H14N2. The standard InChI is InChI=1S/C14H14N2/c1-2-4-12-11(3-1)15-13(16-12)14-7-5-10(9-14)6-8-14/h1-5,7,10H,6,8-9H2,(H,15,16). The third-order valence-electron chi connectivity index (χ3n) is 4.14. The van der Waals surface area contributed by atoms with E-state index >= 15 is 0 Å². The Kier molecular flexibility index (Phi) is 1.48. The van der Waals surface area contributed by atoms with Crippen molar-refractivity contribution in [1.29, 1.82) is 0 Å². The van der Waals surface area contributed by atoms with Gasteiger partial charge >= 0.3 is 0 Å². The Morgan fingerprint density at radius 2 is 2.25 bits per heavy atom. The molecule has 2 heteroatoms. The number of aromatic amines is 1. The van der Waals surface area contributed by atoms with E-state index in [9.17, 15) is 0 Å². The van der Waals surface area contributed by atoms with Crippen molar-refractivity contribution >= 4 is 11.0 Å². The number of imidazole rings is 1. The van der Waals surface area contributed by atoms with Gasteiger partial charge < -0.3 is 4.98 Å². The number of fused-ring (bicyclic) bond motifs is 3. The number of benzene rings is 1. The van der Waals surface area contributed by atoms with Gasteiger partial charge in [0.05, 0.1) is 11.0 Å². The van der Waals surface area contributed by atoms with E-state index in [1.807, 2.05) is 6.07 Å². The number of nitrogens with zero attached hydrogens (tertiary/aromatic N) is 1. The fraction of sp³-hybridized carbons (Fsp3) is 0.357. The van der Waals surface area contributed by atoms with Crippen LogP contribution in [0.15, 0.2) is 36.4 Å². The lowest BCUT2D eigenvalue weighted by Crippen LogP contribution is -2.19. The molecule has 1 heterocycles. The van der Waals surface area contributed by atoms with E-state index in [2.05, 4.69) is 35.3 Å². The van der Waals surface area contributed by atoms with Crippen LogP contribution in [0.2, 0.25) is 0 Å². The summed E-state index contributed by atoms with van der Waals surface area (Å²) < 4.78 is 0. The highest BCUT2D eigenvalue weighted by Gasteiger charge is 2.44. The summed E-state index contributed by atoms with van der Waals surface area (Å²) in [5.74, 6) is 1.97. The maximum Gasteiger partial charge on any atom is 0.117 e. The van der Waals surface area contributed by atoms with E-state index in [0.717, 1.165) is 17.0 Å². The summed E-state index contributed by atoms with van der Waals surface area (Å²) in [7, 11) is 0. The number of aromatic nitrogens is 2. The van der Waals surface area contributed by atoms with Crippen molar-refractivity contribution < 1.29 is 0 Å². The highest BCUT2D eigenvalue weighted by Crippen LogP contribution is 2.49. The van der Waals surface area contributed by atoms with Crippen molar-refractivity contribution in [2.24, 2.45) is 5.92 Å². The fourth-order valence-corrected chi connectivity index (χ4v) is 3.23.